The number of hydrogen-bond acceptors (Lipinski definition) is 9. The minimum absolute atomic E-state index is 0.00912. The number of halogens is 1. The SMILES string of the molecule is CCOC(=O)COc1ccc(S(=O)(=O)Cl)cc1C.CCOC(=O)COc1ccc(S)cc1C. The van der Waals surface area contributed by atoms with E-state index >= 15 is 0 Å². The van der Waals surface area contributed by atoms with Gasteiger partial charge in [0.1, 0.15) is 11.5 Å². The van der Waals surface area contributed by atoms with Crippen molar-refractivity contribution in [1.82, 2.24) is 0 Å². The van der Waals surface area contributed by atoms with Crippen molar-refractivity contribution in [3.63, 3.8) is 0 Å². The van der Waals surface area contributed by atoms with E-state index in [0.29, 0.717) is 23.7 Å². The zero-order valence-electron chi connectivity index (χ0n) is 18.8. The zero-order chi connectivity index (χ0) is 25.0. The number of thiol groups is 1. The van der Waals surface area contributed by atoms with Crippen LogP contribution in [0.5, 0.6) is 11.5 Å². The summed E-state index contributed by atoms with van der Waals surface area (Å²) in [6.07, 6.45) is 0. The summed E-state index contributed by atoms with van der Waals surface area (Å²) in [6.45, 7) is 7.40. The van der Waals surface area contributed by atoms with Crippen LogP contribution in [-0.2, 0) is 28.1 Å². The molecule has 0 heterocycles. The minimum Gasteiger partial charge on any atom is -0.482 e. The third kappa shape index (κ3) is 10.8. The van der Waals surface area contributed by atoms with Crippen LogP contribution in [0.15, 0.2) is 46.2 Å². The van der Waals surface area contributed by atoms with Crippen LogP contribution in [0.2, 0.25) is 0 Å². The van der Waals surface area contributed by atoms with Crippen LogP contribution in [0.25, 0.3) is 0 Å². The van der Waals surface area contributed by atoms with Crippen molar-refractivity contribution < 1.29 is 37.0 Å². The third-order valence-electron chi connectivity index (χ3n) is 3.89. The Labute approximate surface area is 204 Å². The molecule has 0 amide bonds. The maximum absolute atomic E-state index is 11.1. The Balaban J connectivity index is 0.000000335. The predicted octanol–water partition coefficient (Wildman–Crippen LogP) is 4.09. The number of carbonyl (C=O) groups is 2. The Kier molecular flexibility index (Phi) is 12.1. The smallest absolute Gasteiger partial charge is 0.344 e. The van der Waals surface area contributed by atoms with Crippen LogP contribution in [0.1, 0.15) is 25.0 Å². The first kappa shape index (κ1) is 28.6. The van der Waals surface area contributed by atoms with Crippen molar-refractivity contribution in [3.8, 4) is 11.5 Å². The van der Waals surface area contributed by atoms with Crippen LogP contribution >= 0.6 is 23.3 Å². The maximum Gasteiger partial charge on any atom is 0.344 e. The highest BCUT2D eigenvalue weighted by Crippen LogP contribution is 2.24. The van der Waals surface area contributed by atoms with E-state index in [1.807, 2.05) is 19.1 Å². The van der Waals surface area contributed by atoms with Crippen molar-refractivity contribution in [2.75, 3.05) is 26.4 Å². The predicted molar refractivity (Wildman–Crippen MR) is 127 cm³/mol. The van der Waals surface area contributed by atoms with Crippen LogP contribution in [0.3, 0.4) is 0 Å². The number of benzene rings is 2. The van der Waals surface area contributed by atoms with Crippen LogP contribution < -0.4 is 9.47 Å². The summed E-state index contributed by atoms with van der Waals surface area (Å²) >= 11 is 4.20. The van der Waals surface area contributed by atoms with Crippen LogP contribution in [0.4, 0.5) is 0 Å². The number of rotatable bonds is 9. The zero-order valence-corrected chi connectivity index (χ0v) is 21.3. The highest BCUT2D eigenvalue weighted by molar-refractivity contribution is 8.13. The van der Waals surface area contributed by atoms with Crippen molar-refractivity contribution in [1.29, 1.82) is 0 Å². The molecule has 0 saturated carbocycles. The molecule has 0 radical (unpaired) electrons. The molecule has 8 nitrogen and oxygen atoms in total. The Bertz CT molecular complexity index is 1050. The molecule has 0 saturated heterocycles. The van der Waals surface area contributed by atoms with Gasteiger partial charge in [-0.2, -0.15) is 0 Å². The van der Waals surface area contributed by atoms with Crippen molar-refractivity contribution in [2.24, 2.45) is 0 Å². The highest BCUT2D eigenvalue weighted by atomic mass is 35.7. The molecule has 0 aliphatic heterocycles. The first-order valence-electron chi connectivity index (χ1n) is 9.89. The summed E-state index contributed by atoms with van der Waals surface area (Å²) in [5.74, 6) is 0.255. The molecule has 0 fully saturated rings. The molecule has 0 bridgehead atoms. The first-order chi connectivity index (χ1) is 15.5. The fourth-order valence-corrected chi connectivity index (χ4v) is 3.51. The molecule has 0 aliphatic rings. The van der Waals surface area contributed by atoms with Gasteiger partial charge < -0.3 is 18.9 Å². The van der Waals surface area contributed by atoms with Gasteiger partial charge in [0.05, 0.1) is 18.1 Å². The van der Waals surface area contributed by atoms with Crippen molar-refractivity contribution >= 4 is 44.3 Å². The van der Waals surface area contributed by atoms with Gasteiger partial charge in [0.2, 0.25) is 0 Å². The van der Waals surface area contributed by atoms with Crippen molar-refractivity contribution in [2.45, 2.75) is 37.5 Å². The van der Waals surface area contributed by atoms with Gasteiger partial charge in [-0.15, -0.1) is 12.6 Å². The van der Waals surface area contributed by atoms with E-state index < -0.39 is 15.0 Å². The van der Waals surface area contributed by atoms with E-state index in [4.69, 9.17) is 29.6 Å². The van der Waals surface area contributed by atoms with Gasteiger partial charge in [-0.1, -0.05) is 0 Å². The molecule has 0 aromatic heterocycles. The Morgan fingerprint density at radius 3 is 1.70 bits per heavy atom. The average Bonchev–Trinajstić information content (AvgIpc) is 2.72. The summed E-state index contributed by atoms with van der Waals surface area (Å²) in [7, 11) is 1.45. The van der Waals surface area contributed by atoms with Gasteiger partial charge in [-0.3, -0.25) is 0 Å². The largest absolute Gasteiger partial charge is 0.482 e. The quantitative estimate of drug-likeness (QED) is 0.300. The Morgan fingerprint density at radius 1 is 0.848 bits per heavy atom. The van der Waals surface area contributed by atoms with E-state index in [1.165, 1.54) is 18.2 Å². The van der Waals surface area contributed by atoms with Gasteiger partial charge in [-0.25, -0.2) is 18.0 Å². The molecular formula is C22H27ClO8S2. The second-order valence-corrected chi connectivity index (χ2v) is 9.58. The Hall–Kier alpha value is -2.43. The van der Waals surface area contributed by atoms with Crippen LogP contribution in [0, 0.1) is 13.8 Å². The number of carbonyl (C=O) groups excluding carboxylic acids is 2. The van der Waals surface area contributed by atoms with E-state index in [9.17, 15) is 18.0 Å². The normalized spacial score (nSPS) is 10.5. The molecule has 2 aromatic carbocycles. The molecule has 11 heteroatoms. The second kappa shape index (κ2) is 14.0. The fraction of sp³-hybridized carbons (Fsp3) is 0.364. The van der Waals surface area contributed by atoms with Gasteiger partial charge in [-0.05, 0) is 75.2 Å². The number of esters is 2. The maximum atomic E-state index is 11.1. The monoisotopic (exact) mass is 518 g/mol. The molecule has 0 spiro atoms. The van der Waals surface area contributed by atoms with Gasteiger partial charge >= 0.3 is 11.9 Å². The molecule has 0 atom stereocenters. The molecular weight excluding hydrogens is 492 g/mol. The highest BCUT2D eigenvalue weighted by Gasteiger charge is 2.12. The third-order valence-corrected chi connectivity index (χ3v) is 5.52. The molecule has 0 N–H and O–H groups in total. The topological polar surface area (TPSA) is 105 Å². The lowest BCUT2D eigenvalue weighted by Gasteiger charge is -2.09. The summed E-state index contributed by atoms with van der Waals surface area (Å²) in [5.41, 5.74) is 1.52. The summed E-state index contributed by atoms with van der Waals surface area (Å²) in [6, 6.07) is 9.62. The Morgan fingerprint density at radius 2 is 1.30 bits per heavy atom. The summed E-state index contributed by atoms with van der Waals surface area (Å²) in [4.78, 5) is 23.0. The van der Waals surface area contributed by atoms with E-state index in [-0.39, 0.29) is 30.7 Å². The summed E-state index contributed by atoms with van der Waals surface area (Å²) < 4.78 is 42.1. The van der Waals surface area contributed by atoms with Gasteiger partial charge in [0.15, 0.2) is 13.2 Å². The first-order valence-corrected chi connectivity index (χ1v) is 12.6. The van der Waals surface area contributed by atoms with Gasteiger partial charge in [0.25, 0.3) is 9.05 Å². The molecule has 0 unspecified atom stereocenters. The molecule has 182 valence electrons. The van der Waals surface area contributed by atoms with E-state index in [2.05, 4.69) is 12.6 Å². The average molecular weight is 519 g/mol. The lowest BCUT2D eigenvalue weighted by molar-refractivity contribution is -0.146. The molecule has 2 rings (SSSR count). The lowest BCUT2D eigenvalue weighted by atomic mass is 10.2. The number of aryl methyl sites for hydroxylation is 2. The van der Waals surface area contributed by atoms with Gasteiger partial charge in [0, 0.05) is 15.6 Å². The second-order valence-electron chi connectivity index (χ2n) is 6.50. The molecule has 33 heavy (non-hydrogen) atoms. The molecule has 0 aliphatic carbocycles. The lowest BCUT2D eigenvalue weighted by Crippen LogP contribution is -2.15. The standard InChI is InChI=1S/C11H13ClO5S.C11H14O3S/c1-3-16-11(13)7-17-10-5-4-9(6-8(10)2)18(12,14)15;1-3-13-11(12)7-14-10-5-4-9(15)6-8(10)2/h4-6H,3,7H2,1-2H3;4-6,15H,3,7H2,1-2H3. The van der Waals surface area contributed by atoms with Crippen LogP contribution in [-0.4, -0.2) is 46.8 Å². The van der Waals surface area contributed by atoms with E-state index in [1.54, 1.807) is 26.8 Å². The fourth-order valence-electron chi connectivity index (χ4n) is 2.41. The van der Waals surface area contributed by atoms with Crippen molar-refractivity contribution in [3.05, 3.63) is 47.5 Å². The summed E-state index contributed by atoms with van der Waals surface area (Å²) in [5, 5.41) is 0. The number of ether oxygens (including phenoxy) is 4. The minimum atomic E-state index is -3.76. The number of hydrogen-bond donors (Lipinski definition) is 1. The molecule has 2 aromatic rings. The van der Waals surface area contributed by atoms with E-state index in [0.717, 1.165) is 10.5 Å².